The Morgan fingerprint density at radius 2 is 0.854 bits per heavy atom. The highest BCUT2D eigenvalue weighted by Gasteiger charge is 2.45. The summed E-state index contributed by atoms with van der Waals surface area (Å²) in [7, 11) is 0. The van der Waals surface area contributed by atoms with E-state index in [9.17, 15) is 0 Å². The van der Waals surface area contributed by atoms with Gasteiger partial charge in [-0.05, 0) is 181 Å². The van der Waals surface area contributed by atoms with Crippen LogP contribution in [0.2, 0.25) is 0 Å². The van der Waals surface area contributed by atoms with Crippen molar-refractivity contribution in [3.05, 3.63) is 296 Å². The molecule has 5 heterocycles. The molecule has 0 atom stereocenters. The van der Waals surface area contributed by atoms with E-state index in [1.54, 1.807) is 0 Å². The summed E-state index contributed by atoms with van der Waals surface area (Å²) in [4.78, 5) is 10.0. The van der Waals surface area contributed by atoms with Gasteiger partial charge in [0.1, 0.15) is 16.7 Å². The number of para-hydroxylation sites is 4. The number of benzene rings is 14. The van der Waals surface area contributed by atoms with Crippen LogP contribution in [0.5, 0.6) is 0 Å². The Morgan fingerprint density at radius 3 is 1.56 bits per heavy atom. The largest absolute Gasteiger partial charge is 0.456 e. The summed E-state index contributed by atoms with van der Waals surface area (Å²) in [6, 6.07) is 106. The molecule has 0 aliphatic carbocycles. The van der Waals surface area contributed by atoms with Crippen molar-refractivity contribution in [1.29, 1.82) is 0 Å². The Labute approximate surface area is 561 Å². The number of rotatable bonds is 8. The van der Waals surface area contributed by atoms with Gasteiger partial charge in [0.15, 0.2) is 5.58 Å². The summed E-state index contributed by atoms with van der Waals surface area (Å²) in [5.74, 6) is 0. The standard InChI is InChI=1S/C88H65BN4O2S/c1-87(2,3)56-34-39-59(40-35-56)92-76-48-62(91(75-27-18-26-70-67-24-13-16-29-81(67)95-86(70)75)61-38-33-55-32-31-54-19-10-11-22-65(54)71(55)47-61)44-46-73(76)89-74-53-84-72(69-25-14-17-30-83(69)96-84)52-77(74)93(60-41-36-57(37-42-60)88(4,5)6)79-50-64(49-78(92)85(79)89)90(58-20-8-7-9-21-58)63-43-45-68-66-23-12-15-28-80(66)94-82(68)51-63/h7-53H,1-6H3. The Hall–Kier alpha value is -11.3. The third kappa shape index (κ3) is 8.78. The van der Waals surface area contributed by atoms with E-state index in [1.165, 1.54) is 69.2 Å². The highest BCUT2D eigenvalue weighted by atomic mass is 32.1. The number of fused-ring (bicyclic) bond motifs is 16. The molecule has 0 unspecified atom stereocenters. The lowest BCUT2D eigenvalue weighted by Crippen LogP contribution is -2.61. The first-order valence-electron chi connectivity index (χ1n) is 33.3. The maximum absolute atomic E-state index is 7.06. The predicted molar refractivity (Wildman–Crippen MR) is 410 cm³/mol. The molecule has 0 amide bonds. The third-order valence-corrected chi connectivity index (χ3v) is 21.4. The summed E-state index contributed by atoms with van der Waals surface area (Å²) in [6.45, 7) is 13.6. The third-order valence-electron chi connectivity index (χ3n) is 20.3. The molecule has 0 bridgehead atoms. The normalized spacial score (nSPS) is 13.0. The maximum Gasteiger partial charge on any atom is 0.252 e. The van der Waals surface area contributed by atoms with E-state index in [-0.39, 0.29) is 17.5 Å². The fourth-order valence-electron chi connectivity index (χ4n) is 15.6. The molecule has 0 saturated carbocycles. The van der Waals surface area contributed by atoms with Gasteiger partial charge in [0, 0.05) is 105 Å². The number of anilines is 12. The average molecular weight is 1250 g/mol. The van der Waals surface area contributed by atoms with Crippen LogP contribution in [0.1, 0.15) is 52.7 Å². The van der Waals surface area contributed by atoms with Crippen LogP contribution < -0.4 is 36.0 Å². The molecule has 14 aromatic carbocycles. The molecular weight excluding hydrogens is 1190 g/mol. The lowest BCUT2D eigenvalue weighted by atomic mass is 9.33. The number of nitrogens with zero attached hydrogens (tertiary/aromatic N) is 4. The van der Waals surface area contributed by atoms with Gasteiger partial charge in [0.05, 0.1) is 11.4 Å². The number of hydrogen-bond donors (Lipinski definition) is 0. The zero-order valence-corrected chi connectivity index (χ0v) is 55.0. The van der Waals surface area contributed by atoms with Gasteiger partial charge < -0.3 is 28.4 Å². The Balaban J connectivity index is 0.931. The van der Waals surface area contributed by atoms with E-state index in [2.05, 4.69) is 340 Å². The molecule has 0 radical (unpaired) electrons. The van der Waals surface area contributed by atoms with Gasteiger partial charge in [-0.1, -0.05) is 199 Å². The van der Waals surface area contributed by atoms with Crippen molar-refractivity contribution in [3.63, 3.8) is 0 Å². The quantitative estimate of drug-likeness (QED) is 0.112. The molecule has 3 aromatic heterocycles. The van der Waals surface area contributed by atoms with Gasteiger partial charge in [-0.15, -0.1) is 11.3 Å². The van der Waals surface area contributed by atoms with Crippen molar-refractivity contribution >= 4 is 188 Å². The summed E-state index contributed by atoms with van der Waals surface area (Å²) in [5.41, 5.74) is 22.1. The van der Waals surface area contributed by atoms with Gasteiger partial charge in [0.25, 0.3) is 6.71 Å². The second kappa shape index (κ2) is 21.1. The molecule has 0 spiro atoms. The van der Waals surface area contributed by atoms with E-state index < -0.39 is 0 Å². The minimum absolute atomic E-state index is 0.0518. The fraction of sp³-hybridized carbons (Fsp3) is 0.0909. The van der Waals surface area contributed by atoms with Crippen LogP contribution in [0, 0.1) is 0 Å². The molecule has 19 rings (SSSR count). The first kappa shape index (κ1) is 56.2. The highest BCUT2D eigenvalue weighted by molar-refractivity contribution is 7.26. The Morgan fingerprint density at radius 1 is 0.323 bits per heavy atom. The second-order valence-corrected chi connectivity index (χ2v) is 29.2. The van der Waals surface area contributed by atoms with Crippen molar-refractivity contribution in [3.8, 4) is 0 Å². The smallest absolute Gasteiger partial charge is 0.252 e. The molecule has 17 aromatic rings. The van der Waals surface area contributed by atoms with Crippen LogP contribution >= 0.6 is 11.3 Å². The SMILES string of the molecule is CC(C)(C)c1ccc(N2c3cc(N(c4ccc5ccc6ccccc6c5c4)c4cccc5c4oc4ccccc45)ccc3B3c4cc5sc6ccccc6c5cc4N(c4ccc(C(C)(C)C)cc4)c4cc(N(c5ccccc5)c5ccc6c(c5)oc5ccccc56)cc2c43)cc1. The minimum atomic E-state index is -0.204. The molecule has 2 aliphatic rings. The van der Waals surface area contributed by atoms with Crippen LogP contribution in [0.15, 0.2) is 294 Å². The zero-order chi connectivity index (χ0) is 64.3. The topological polar surface area (TPSA) is 39.2 Å². The number of hydrogen-bond acceptors (Lipinski definition) is 7. The predicted octanol–water partition coefficient (Wildman–Crippen LogP) is 23.8. The van der Waals surface area contributed by atoms with Crippen LogP contribution in [-0.2, 0) is 10.8 Å². The van der Waals surface area contributed by atoms with Gasteiger partial charge in [-0.3, -0.25) is 0 Å². The van der Waals surface area contributed by atoms with Crippen LogP contribution in [-0.4, -0.2) is 6.71 Å². The van der Waals surface area contributed by atoms with Gasteiger partial charge in [-0.2, -0.15) is 0 Å². The van der Waals surface area contributed by atoms with E-state index in [0.717, 1.165) is 112 Å². The minimum Gasteiger partial charge on any atom is -0.456 e. The lowest BCUT2D eigenvalue weighted by molar-refractivity contribution is 0.590. The monoisotopic (exact) mass is 1250 g/mol. The Kier molecular flexibility index (Phi) is 12.4. The van der Waals surface area contributed by atoms with Crippen LogP contribution in [0.4, 0.5) is 68.2 Å². The summed E-state index contributed by atoms with van der Waals surface area (Å²) in [6.07, 6.45) is 0. The molecule has 8 heteroatoms. The summed E-state index contributed by atoms with van der Waals surface area (Å²) in [5, 5.41) is 11.6. The van der Waals surface area contributed by atoms with Crippen LogP contribution in [0.3, 0.4) is 0 Å². The van der Waals surface area contributed by atoms with E-state index in [1.807, 2.05) is 17.4 Å². The zero-order valence-electron chi connectivity index (χ0n) is 54.2. The van der Waals surface area contributed by atoms with Crippen molar-refractivity contribution < 1.29 is 8.83 Å². The molecular formula is C88H65BN4O2S. The molecule has 2 aliphatic heterocycles. The van der Waals surface area contributed by atoms with Crippen molar-refractivity contribution in [2.24, 2.45) is 0 Å². The maximum atomic E-state index is 7.06. The highest BCUT2D eigenvalue weighted by Crippen LogP contribution is 2.52. The molecule has 0 saturated heterocycles. The van der Waals surface area contributed by atoms with Crippen molar-refractivity contribution in [2.45, 2.75) is 52.4 Å². The first-order chi connectivity index (χ1) is 46.8. The average Bonchev–Trinajstić information content (AvgIpc) is 0.773. The van der Waals surface area contributed by atoms with Crippen LogP contribution in [0.25, 0.3) is 85.6 Å². The molecule has 0 N–H and O–H groups in total. The lowest BCUT2D eigenvalue weighted by Gasteiger charge is -2.45. The first-order valence-corrected chi connectivity index (χ1v) is 34.1. The number of furan rings is 2. The summed E-state index contributed by atoms with van der Waals surface area (Å²) >= 11 is 1.88. The molecule has 6 nitrogen and oxygen atoms in total. The molecule has 96 heavy (non-hydrogen) atoms. The molecule has 458 valence electrons. The van der Waals surface area contributed by atoms with Gasteiger partial charge in [0.2, 0.25) is 0 Å². The van der Waals surface area contributed by atoms with E-state index >= 15 is 0 Å². The van der Waals surface area contributed by atoms with Gasteiger partial charge in [-0.25, -0.2) is 0 Å². The summed E-state index contributed by atoms with van der Waals surface area (Å²) < 4.78 is 16.3. The Bertz CT molecular complexity index is 6030. The van der Waals surface area contributed by atoms with Crippen molar-refractivity contribution in [2.75, 3.05) is 19.6 Å². The fourth-order valence-corrected chi connectivity index (χ4v) is 16.7. The van der Waals surface area contributed by atoms with Gasteiger partial charge >= 0.3 is 0 Å². The van der Waals surface area contributed by atoms with Crippen molar-refractivity contribution in [1.82, 2.24) is 0 Å². The van der Waals surface area contributed by atoms with E-state index in [0.29, 0.717) is 0 Å². The number of thiophene rings is 1. The molecule has 0 fully saturated rings. The second-order valence-electron chi connectivity index (χ2n) is 28.1. The van der Waals surface area contributed by atoms with E-state index in [4.69, 9.17) is 8.83 Å².